The number of Topliss-reactive ketones (excluding diaryl/α,β-unsaturated/α-hetero) is 1. The highest BCUT2D eigenvalue weighted by molar-refractivity contribution is 6.51. The molecule has 1 atom stereocenters. The summed E-state index contributed by atoms with van der Waals surface area (Å²) in [4.78, 5) is 27.5. The number of rotatable bonds is 3. The van der Waals surface area contributed by atoms with Crippen LogP contribution in [-0.4, -0.2) is 23.6 Å². The van der Waals surface area contributed by atoms with Crippen LogP contribution in [0.5, 0.6) is 11.5 Å². The van der Waals surface area contributed by atoms with Crippen LogP contribution in [0.2, 0.25) is 5.02 Å². The second-order valence-corrected chi connectivity index (χ2v) is 7.62. The molecule has 0 saturated carbocycles. The van der Waals surface area contributed by atoms with Crippen molar-refractivity contribution < 1.29 is 28.6 Å². The SMILES string of the molecule is Cc1cc(Cl)ccc1N1C(=O)C(=O)/C(=C(\O)c2ccc3c(c2)OCO3)C1c1ccco1. The molecule has 156 valence electrons. The van der Waals surface area contributed by atoms with Crippen LogP contribution in [0.3, 0.4) is 0 Å². The fraction of sp³-hybridized carbons (Fsp3) is 0.130. The Morgan fingerprint density at radius 3 is 2.65 bits per heavy atom. The lowest BCUT2D eigenvalue weighted by Gasteiger charge is -2.25. The lowest BCUT2D eigenvalue weighted by atomic mass is 9.98. The Balaban J connectivity index is 1.70. The van der Waals surface area contributed by atoms with Crippen LogP contribution in [0.4, 0.5) is 5.69 Å². The lowest BCUT2D eigenvalue weighted by Crippen LogP contribution is -2.29. The maximum atomic E-state index is 13.1. The summed E-state index contributed by atoms with van der Waals surface area (Å²) < 4.78 is 16.2. The van der Waals surface area contributed by atoms with E-state index in [4.69, 9.17) is 25.5 Å². The van der Waals surface area contributed by atoms with Crippen molar-refractivity contribution in [1.82, 2.24) is 0 Å². The number of ether oxygens (including phenoxy) is 2. The molecule has 2 aliphatic heterocycles. The van der Waals surface area contributed by atoms with Crippen LogP contribution < -0.4 is 14.4 Å². The number of halogens is 1. The standard InChI is InChI=1S/C23H16ClNO6/c1-12-9-14(24)5-6-15(12)25-20(17-3-2-8-29-17)19(22(27)23(25)28)21(26)13-4-7-16-18(10-13)31-11-30-16/h2-10,20,26H,11H2,1H3/b21-19-. The summed E-state index contributed by atoms with van der Waals surface area (Å²) in [5, 5.41) is 11.6. The van der Waals surface area contributed by atoms with E-state index in [1.54, 1.807) is 55.5 Å². The highest BCUT2D eigenvalue weighted by Gasteiger charge is 2.48. The number of carbonyl (C=O) groups is 2. The number of aryl methyl sites for hydroxylation is 1. The van der Waals surface area contributed by atoms with Crippen molar-refractivity contribution in [3.8, 4) is 11.5 Å². The molecule has 1 fully saturated rings. The van der Waals surface area contributed by atoms with E-state index in [1.165, 1.54) is 11.2 Å². The van der Waals surface area contributed by atoms with Crippen LogP contribution in [0.25, 0.3) is 5.76 Å². The summed E-state index contributed by atoms with van der Waals surface area (Å²) in [6, 6.07) is 12.2. The second kappa shape index (κ2) is 7.21. The van der Waals surface area contributed by atoms with Gasteiger partial charge in [0.05, 0.1) is 11.8 Å². The van der Waals surface area contributed by atoms with Crippen molar-refractivity contribution in [2.24, 2.45) is 0 Å². The third-order valence-electron chi connectivity index (χ3n) is 5.32. The molecular weight excluding hydrogens is 422 g/mol. The van der Waals surface area contributed by atoms with Gasteiger partial charge in [-0.05, 0) is 61.0 Å². The van der Waals surface area contributed by atoms with Crippen molar-refractivity contribution in [2.45, 2.75) is 13.0 Å². The monoisotopic (exact) mass is 437 g/mol. The van der Waals surface area contributed by atoms with Gasteiger partial charge in [-0.3, -0.25) is 14.5 Å². The third-order valence-corrected chi connectivity index (χ3v) is 5.56. The van der Waals surface area contributed by atoms with Crippen LogP contribution in [0.15, 0.2) is 64.8 Å². The number of fused-ring (bicyclic) bond motifs is 1. The molecule has 0 spiro atoms. The van der Waals surface area contributed by atoms with Crippen molar-refractivity contribution in [3.05, 3.63) is 82.3 Å². The fourth-order valence-electron chi connectivity index (χ4n) is 3.89. The maximum Gasteiger partial charge on any atom is 0.300 e. The Morgan fingerprint density at radius 2 is 1.90 bits per heavy atom. The number of furan rings is 1. The summed E-state index contributed by atoms with van der Waals surface area (Å²) in [5.41, 5.74) is 1.45. The summed E-state index contributed by atoms with van der Waals surface area (Å²) in [7, 11) is 0. The smallest absolute Gasteiger partial charge is 0.300 e. The molecule has 0 aliphatic carbocycles. The molecule has 31 heavy (non-hydrogen) atoms. The van der Waals surface area contributed by atoms with Gasteiger partial charge in [-0.1, -0.05) is 11.6 Å². The van der Waals surface area contributed by atoms with E-state index in [-0.39, 0.29) is 18.1 Å². The number of benzene rings is 2. The molecular formula is C23H16ClNO6. The highest BCUT2D eigenvalue weighted by atomic mass is 35.5. The third kappa shape index (κ3) is 3.05. The minimum Gasteiger partial charge on any atom is -0.507 e. The summed E-state index contributed by atoms with van der Waals surface area (Å²) in [6.07, 6.45) is 1.45. The maximum absolute atomic E-state index is 13.1. The molecule has 8 heteroatoms. The van der Waals surface area contributed by atoms with Gasteiger partial charge in [0.2, 0.25) is 6.79 Å². The van der Waals surface area contributed by atoms with Gasteiger partial charge in [0.15, 0.2) is 11.5 Å². The van der Waals surface area contributed by atoms with Crippen LogP contribution in [0, 0.1) is 6.92 Å². The Morgan fingerprint density at radius 1 is 1.10 bits per heavy atom. The fourth-order valence-corrected chi connectivity index (χ4v) is 4.11. The predicted molar refractivity (Wildman–Crippen MR) is 112 cm³/mol. The topological polar surface area (TPSA) is 89.2 Å². The molecule has 1 N–H and O–H groups in total. The average molecular weight is 438 g/mol. The van der Waals surface area contributed by atoms with Crippen molar-refractivity contribution >= 4 is 34.7 Å². The van der Waals surface area contributed by atoms with E-state index in [0.717, 1.165) is 0 Å². The zero-order chi connectivity index (χ0) is 21.7. The first-order valence-electron chi connectivity index (χ1n) is 9.46. The van der Waals surface area contributed by atoms with E-state index in [9.17, 15) is 14.7 Å². The molecule has 0 radical (unpaired) electrons. The van der Waals surface area contributed by atoms with Gasteiger partial charge in [-0.15, -0.1) is 0 Å². The van der Waals surface area contributed by atoms with Gasteiger partial charge >= 0.3 is 0 Å². The molecule has 1 unspecified atom stereocenters. The molecule has 3 heterocycles. The number of aliphatic hydroxyl groups is 1. The van der Waals surface area contributed by atoms with Gasteiger partial charge in [0, 0.05) is 16.3 Å². The first kappa shape index (κ1) is 19.3. The number of anilines is 1. The summed E-state index contributed by atoms with van der Waals surface area (Å²) >= 11 is 6.07. The first-order chi connectivity index (χ1) is 15.0. The average Bonchev–Trinajstić information content (AvgIpc) is 3.48. The van der Waals surface area contributed by atoms with Gasteiger partial charge < -0.3 is 19.0 Å². The molecule has 1 saturated heterocycles. The van der Waals surface area contributed by atoms with Crippen molar-refractivity contribution in [2.75, 3.05) is 11.7 Å². The number of hydrogen-bond acceptors (Lipinski definition) is 6. The van der Waals surface area contributed by atoms with Gasteiger partial charge in [0.1, 0.15) is 17.6 Å². The van der Waals surface area contributed by atoms with Crippen molar-refractivity contribution in [3.63, 3.8) is 0 Å². The van der Waals surface area contributed by atoms with Gasteiger partial charge in [-0.25, -0.2) is 0 Å². The van der Waals surface area contributed by atoms with Crippen LogP contribution in [0.1, 0.15) is 22.9 Å². The number of ketones is 1. The zero-order valence-electron chi connectivity index (χ0n) is 16.3. The molecule has 2 aromatic carbocycles. The number of hydrogen-bond donors (Lipinski definition) is 1. The van der Waals surface area contributed by atoms with E-state index in [2.05, 4.69) is 0 Å². The van der Waals surface area contributed by atoms with E-state index >= 15 is 0 Å². The Hall–Kier alpha value is -3.71. The highest BCUT2D eigenvalue weighted by Crippen LogP contribution is 2.44. The van der Waals surface area contributed by atoms with Gasteiger partial charge in [-0.2, -0.15) is 0 Å². The number of aliphatic hydroxyl groups excluding tert-OH is 1. The Kier molecular flexibility index (Phi) is 4.48. The van der Waals surface area contributed by atoms with E-state index in [1.807, 2.05) is 0 Å². The number of carbonyl (C=O) groups excluding carboxylic acids is 2. The minimum absolute atomic E-state index is 0.0756. The summed E-state index contributed by atoms with van der Waals surface area (Å²) in [5.74, 6) is -0.583. The van der Waals surface area contributed by atoms with Gasteiger partial charge in [0.25, 0.3) is 11.7 Å². The van der Waals surface area contributed by atoms with Crippen LogP contribution in [-0.2, 0) is 9.59 Å². The first-order valence-corrected chi connectivity index (χ1v) is 9.84. The van der Waals surface area contributed by atoms with Crippen LogP contribution >= 0.6 is 11.6 Å². The molecule has 1 aromatic heterocycles. The molecule has 2 aliphatic rings. The second-order valence-electron chi connectivity index (χ2n) is 7.18. The Labute approximate surface area is 182 Å². The molecule has 7 nitrogen and oxygen atoms in total. The number of amides is 1. The zero-order valence-corrected chi connectivity index (χ0v) is 17.1. The molecule has 1 amide bonds. The Bertz CT molecular complexity index is 1250. The molecule has 3 aromatic rings. The number of nitrogens with zero attached hydrogens (tertiary/aromatic N) is 1. The molecule has 5 rings (SSSR count). The summed E-state index contributed by atoms with van der Waals surface area (Å²) in [6.45, 7) is 1.86. The largest absolute Gasteiger partial charge is 0.507 e. The quantitative estimate of drug-likeness (QED) is 0.366. The minimum atomic E-state index is -0.944. The molecule has 0 bridgehead atoms. The van der Waals surface area contributed by atoms with E-state index < -0.39 is 17.7 Å². The predicted octanol–water partition coefficient (Wildman–Crippen LogP) is 4.60. The lowest BCUT2D eigenvalue weighted by molar-refractivity contribution is -0.132. The normalized spacial score (nSPS) is 19.3. The van der Waals surface area contributed by atoms with E-state index in [0.29, 0.717) is 39.1 Å². The van der Waals surface area contributed by atoms with Crippen molar-refractivity contribution in [1.29, 1.82) is 0 Å².